The zero-order chi connectivity index (χ0) is 13.0. The molecule has 0 spiro atoms. The Morgan fingerprint density at radius 2 is 2.11 bits per heavy atom. The van der Waals surface area contributed by atoms with E-state index in [0.717, 1.165) is 18.8 Å². The molecule has 1 unspecified atom stereocenters. The molecule has 3 heteroatoms. The molecule has 1 aromatic rings. The number of hydrogen-bond donors (Lipinski definition) is 1. The highest BCUT2D eigenvalue weighted by Crippen LogP contribution is 2.29. The quantitative estimate of drug-likeness (QED) is 0.870. The molecule has 0 radical (unpaired) electrons. The minimum absolute atomic E-state index is 0.307. The van der Waals surface area contributed by atoms with Gasteiger partial charge in [-0.15, -0.1) is 0 Å². The maximum absolute atomic E-state index is 5.39. The van der Waals surface area contributed by atoms with Crippen molar-refractivity contribution in [2.24, 2.45) is 5.41 Å². The molecule has 102 valence electrons. The minimum atomic E-state index is 0.307. The van der Waals surface area contributed by atoms with Crippen molar-refractivity contribution in [3.05, 3.63) is 24.2 Å². The number of piperidine rings is 1. The van der Waals surface area contributed by atoms with E-state index in [9.17, 15) is 0 Å². The van der Waals surface area contributed by atoms with Gasteiger partial charge in [0.1, 0.15) is 5.76 Å². The van der Waals surface area contributed by atoms with Crippen molar-refractivity contribution in [1.82, 2.24) is 10.2 Å². The lowest BCUT2D eigenvalue weighted by Crippen LogP contribution is -2.41. The normalized spacial score (nSPS) is 21.9. The molecule has 0 saturated carbocycles. The topological polar surface area (TPSA) is 28.4 Å². The lowest BCUT2D eigenvalue weighted by molar-refractivity contribution is 0.132. The van der Waals surface area contributed by atoms with E-state index in [-0.39, 0.29) is 0 Å². The Morgan fingerprint density at radius 3 is 2.72 bits per heavy atom. The second-order valence-corrected chi connectivity index (χ2v) is 6.20. The van der Waals surface area contributed by atoms with Gasteiger partial charge in [0, 0.05) is 13.1 Å². The van der Waals surface area contributed by atoms with E-state index in [1.54, 1.807) is 6.26 Å². The van der Waals surface area contributed by atoms with Crippen LogP contribution < -0.4 is 5.32 Å². The smallest absolute Gasteiger partial charge is 0.120 e. The summed E-state index contributed by atoms with van der Waals surface area (Å²) in [6.45, 7) is 11.6. The highest BCUT2D eigenvalue weighted by molar-refractivity contribution is 5.02. The van der Waals surface area contributed by atoms with Crippen LogP contribution in [0, 0.1) is 5.41 Å². The second-order valence-electron chi connectivity index (χ2n) is 6.20. The molecule has 0 aliphatic carbocycles. The zero-order valence-electron chi connectivity index (χ0n) is 11.9. The van der Waals surface area contributed by atoms with Gasteiger partial charge in [-0.3, -0.25) is 0 Å². The highest BCUT2D eigenvalue weighted by atomic mass is 16.3. The maximum Gasteiger partial charge on any atom is 0.120 e. The third kappa shape index (κ3) is 3.85. The van der Waals surface area contributed by atoms with Crippen LogP contribution in [0.2, 0.25) is 0 Å². The van der Waals surface area contributed by atoms with Crippen molar-refractivity contribution >= 4 is 0 Å². The van der Waals surface area contributed by atoms with Crippen LogP contribution in [0.5, 0.6) is 0 Å². The molecule has 0 amide bonds. The van der Waals surface area contributed by atoms with Gasteiger partial charge in [-0.1, -0.05) is 13.8 Å². The fourth-order valence-electron chi connectivity index (χ4n) is 2.46. The fourth-order valence-corrected chi connectivity index (χ4v) is 2.46. The van der Waals surface area contributed by atoms with E-state index >= 15 is 0 Å². The van der Waals surface area contributed by atoms with Gasteiger partial charge in [-0.05, 0) is 50.4 Å². The highest BCUT2D eigenvalue weighted by Gasteiger charge is 2.24. The van der Waals surface area contributed by atoms with Crippen LogP contribution >= 0.6 is 0 Å². The maximum atomic E-state index is 5.39. The molecule has 0 bridgehead atoms. The summed E-state index contributed by atoms with van der Waals surface area (Å²) >= 11 is 0. The van der Waals surface area contributed by atoms with Gasteiger partial charge >= 0.3 is 0 Å². The summed E-state index contributed by atoms with van der Waals surface area (Å²) < 4.78 is 5.39. The van der Waals surface area contributed by atoms with Gasteiger partial charge in [0.05, 0.1) is 12.3 Å². The Labute approximate surface area is 111 Å². The molecule has 2 rings (SSSR count). The average Bonchev–Trinajstić information content (AvgIpc) is 2.85. The second kappa shape index (κ2) is 5.89. The van der Waals surface area contributed by atoms with Crippen LogP contribution in [0.4, 0.5) is 0 Å². The molecule has 1 saturated heterocycles. The molecule has 1 aromatic heterocycles. The first kappa shape index (κ1) is 13.6. The first-order valence-electron chi connectivity index (χ1n) is 7.06. The Morgan fingerprint density at radius 1 is 1.39 bits per heavy atom. The summed E-state index contributed by atoms with van der Waals surface area (Å²) in [6, 6.07) is 4.28. The molecule has 1 atom stereocenters. The van der Waals surface area contributed by atoms with Gasteiger partial charge in [0.25, 0.3) is 0 Å². The molecule has 1 N–H and O–H groups in total. The van der Waals surface area contributed by atoms with Crippen LogP contribution in [0.3, 0.4) is 0 Å². The third-order valence-electron chi connectivity index (χ3n) is 4.06. The van der Waals surface area contributed by atoms with Gasteiger partial charge in [-0.25, -0.2) is 0 Å². The molecule has 3 nitrogen and oxygen atoms in total. The van der Waals surface area contributed by atoms with Crippen molar-refractivity contribution in [2.45, 2.75) is 39.7 Å². The van der Waals surface area contributed by atoms with Crippen molar-refractivity contribution in [3.63, 3.8) is 0 Å². The van der Waals surface area contributed by atoms with Crippen LogP contribution in [0.15, 0.2) is 22.8 Å². The molecular weight excluding hydrogens is 224 g/mol. The lowest BCUT2D eigenvalue weighted by atomic mass is 9.83. The largest absolute Gasteiger partial charge is 0.468 e. The number of likely N-dealkylation sites (tertiary alicyclic amines) is 1. The first-order chi connectivity index (χ1) is 8.57. The van der Waals surface area contributed by atoms with E-state index in [1.807, 2.05) is 12.1 Å². The van der Waals surface area contributed by atoms with Crippen molar-refractivity contribution in [2.75, 3.05) is 26.2 Å². The number of furan rings is 1. The predicted octanol–water partition coefficient (Wildman–Crippen LogP) is 3.05. The van der Waals surface area contributed by atoms with Crippen molar-refractivity contribution in [3.8, 4) is 0 Å². The predicted molar refractivity (Wildman–Crippen MR) is 74.6 cm³/mol. The van der Waals surface area contributed by atoms with Gasteiger partial charge in [0.2, 0.25) is 0 Å². The molecular formula is C15H26N2O. The molecule has 1 fully saturated rings. The van der Waals surface area contributed by atoms with Crippen LogP contribution in [-0.2, 0) is 0 Å². The molecule has 0 aromatic carbocycles. The summed E-state index contributed by atoms with van der Waals surface area (Å²) in [5, 5.41) is 3.52. The van der Waals surface area contributed by atoms with Gasteiger partial charge in [-0.2, -0.15) is 0 Å². The Hall–Kier alpha value is -0.800. The van der Waals surface area contributed by atoms with Crippen molar-refractivity contribution in [1.29, 1.82) is 0 Å². The summed E-state index contributed by atoms with van der Waals surface area (Å²) in [5.74, 6) is 1.02. The number of nitrogens with one attached hydrogen (secondary N) is 1. The Balaban J connectivity index is 1.64. The van der Waals surface area contributed by atoms with E-state index in [4.69, 9.17) is 4.42 Å². The molecule has 18 heavy (non-hydrogen) atoms. The van der Waals surface area contributed by atoms with Crippen LogP contribution in [0.25, 0.3) is 0 Å². The summed E-state index contributed by atoms with van der Waals surface area (Å²) in [6.07, 6.45) is 4.38. The Kier molecular flexibility index (Phi) is 4.46. The number of rotatable bonds is 5. The van der Waals surface area contributed by atoms with E-state index in [2.05, 4.69) is 31.0 Å². The molecule has 1 aliphatic rings. The molecule has 2 heterocycles. The van der Waals surface area contributed by atoms with Gasteiger partial charge < -0.3 is 14.6 Å². The standard InChI is InChI=1S/C15H26N2O/c1-13(14-5-4-12-18-14)16-8-11-17-9-6-15(2,3)7-10-17/h4-5,12-13,16H,6-11H2,1-3H3. The average molecular weight is 250 g/mol. The van der Waals surface area contributed by atoms with E-state index in [0.29, 0.717) is 11.5 Å². The van der Waals surface area contributed by atoms with Gasteiger partial charge in [0.15, 0.2) is 0 Å². The lowest BCUT2D eigenvalue weighted by Gasteiger charge is -2.37. The van der Waals surface area contributed by atoms with Crippen LogP contribution in [-0.4, -0.2) is 31.1 Å². The SMILES string of the molecule is CC(NCCN1CCC(C)(C)CC1)c1ccco1. The first-order valence-corrected chi connectivity index (χ1v) is 7.06. The zero-order valence-corrected chi connectivity index (χ0v) is 11.9. The van der Waals surface area contributed by atoms with Crippen LogP contribution in [0.1, 0.15) is 45.4 Å². The summed E-state index contributed by atoms with van der Waals surface area (Å²) in [4.78, 5) is 2.56. The molecule has 1 aliphatic heterocycles. The van der Waals surface area contributed by atoms with E-state index in [1.165, 1.54) is 25.9 Å². The fraction of sp³-hybridized carbons (Fsp3) is 0.733. The summed E-state index contributed by atoms with van der Waals surface area (Å²) in [5.41, 5.74) is 0.547. The summed E-state index contributed by atoms with van der Waals surface area (Å²) in [7, 11) is 0. The third-order valence-corrected chi connectivity index (χ3v) is 4.06. The number of nitrogens with zero attached hydrogens (tertiary/aromatic N) is 1. The number of hydrogen-bond acceptors (Lipinski definition) is 3. The van der Waals surface area contributed by atoms with Crippen molar-refractivity contribution < 1.29 is 4.42 Å². The van der Waals surface area contributed by atoms with E-state index < -0.39 is 0 Å². The Bertz CT molecular complexity index is 335. The monoisotopic (exact) mass is 250 g/mol. The minimum Gasteiger partial charge on any atom is -0.468 e.